The zero-order valence-electron chi connectivity index (χ0n) is 14.7. The number of thiophene rings is 1. The fraction of sp³-hybridized carbons (Fsp3) is 0.368. The molecule has 0 saturated heterocycles. The number of ether oxygens (including phenoxy) is 1. The minimum Gasteiger partial charge on any atom is -0.462 e. The maximum atomic E-state index is 13.0. The van der Waals surface area contributed by atoms with Gasteiger partial charge in [0, 0.05) is 10.6 Å². The lowest BCUT2D eigenvalue weighted by Crippen LogP contribution is -2.20. The van der Waals surface area contributed by atoms with E-state index in [1.165, 1.54) is 17.0 Å². The monoisotopic (exact) mass is 392 g/mol. The fourth-order valence-corrected chi connectivity index (χ4v) is 4.74. The lowest BCUT2D eigenvalue weighted by Gasteiger charge is -2.18. The van der Waals surface area contributed by atoms with Gasteiger partial charge in [-0.25, -0.2) is 9.18 Å². The molecule has 0 spiro atoms. The van der Waals surface area contributed by atoms with Crippen LogP contribution in [0.2, 0.25) is 0 Å². The van der Waals surface area contributed by atoms with E-state index in [2.05, 4.69) is 17.6 Å². The molecular weight excluding hydrogens is 371 g/mol. The Morgan fingerprint density at radius 3 is 2.77 bits per heavy atom. The topological polar surface area (TPSA) is 50.4 Å². The number of rotatable bonds is 4. The van der Waals surface area contributed by atoms with Crippen molar-refractivity contribution in [1.82, 2.24) is 0 Å². The summed E-state index contributed by atoms with van der Waals surface area (Å²) in [5.41, 5.74) is 2.36. The molecule has 0 bridgehead atoms. The first kappa shape index (κ1) is 18.8. The van der Waals surface area contributed by atoms with Crippen LogP contribution in [0, 0.1) is 11.7 Å². The fourth-order valence-electron chi connectivity index (χ4n) is 3.06. The highest BCUT2D eigenvalue weighted by Gasteiger charge is 2.28. The largest absolute Gasteiger partial charge is 0.462 e. The average Bonchev–Trinajstić information content (AvgIpc) is 2.93. The summed E-state index contributed by atoms with van der Waals surface area (Å²) < 4.78 is 18.3. The predicted octanol–water partition coefficient (Wildman–Crippen LogP) is 5.00. The molecule has 2 aromatic rings. The summed E-state index contributed by atoms with van der Waals surface area (Å²) in [5.74, 6) is -0.0148. The van der Waals surface area contributed by atoms with Gasteiger partial charge in [-0.05, 0) is 74.2 Å². The molecule has 1 aliphatic carbocycles. The lowest BCUT2D eigenvalue weighted by atomic mass is 9.88. The minimum absolute atomic E-state index is 0.306. The van der Waals surface area contributed by atoms with Gasteiger partial charge < -0.3 is 15.4 Å². The van der Waals surface area contributed by atoms with Gasteiger partial charge in [0.1, 0.15) is 10.8 Å². The number of carbonyl (C=O) groups is 1. The smallest absolute Gasteiger partial charge is 0.341 e. The molecule has 1 aromatic carbocycles. The number of esters is 1. The number of halogens is 1. The Bertz CT molecular complexity index is 818. The van der Waals surface area contributed by atoms with Gasteiger partial charge in [0.05, 0.1) is 12.2 Å². The number of nitrogens with one attached hydrogen (secondary N) is 2. The molecule has 0 aliphatic heterocycles. The number of anilines is 2. The Kier molecular flexibility index (Phi) is 5.88. The van der Waals surface area contributed by atoms with E-state index in [1.54, 1.807) is 30.4 Å². The van der Waals surface area contributed by atoms with E-state index in [-0.39, 0.29) is 11.8 Å². The number of carbonyl (C=O) groups excluding carboxylic acids is 1. The summed E-state index contributed by atoms with van der Waals surface area (Å²) in [6, 6.07) is 5.94. The van der Waals surface area contributed by atoms with Crippen LogP contribution >= 0.6 is 23.6 Å². The van der Waals surface area contributed by atoms with Gasteiger partial charge in [0.25, 0.3) is 0 Å². The van der Waals surface area contributed by atoms with E-state index in [9.17, 15) is 9.18 Å². The van der Waals surface area contributed by atoms with Crippen molar-refractivity contribution in [3.8, 4) is 0 Å². The van der Waals surface area contributed by atoms with Crippen molar-refractivity contribution in [1.29, 1.82) is 0 Å². The van der Waals surface area contributed by atoms with Gasteiger partial charge in [-0.1, -0.05) is 6.92 Å². The molecule has 26 heavy (non-hydrogen) atoms. The van der Waals surface area contributed by atoms with Crippen LogP contribution in [-0.2, 0) is 17.6 Å². The van der Waals surface area contributed by atoms with Gasteiger partial charge in [-0.2, -0.15) is 0 Å². The number of hydrogen-bond donors (Lipinski definition) is 2. The van der Waals surface area contributed by atoms with Crippen LogP contribution in [0.3, 0.4) is 0 Å². The van der Waals surface area contributed by atoms with Gasteiger partial charge in [-0.15, -0.1) is 11.3 Å². The van der Waals surface area contributed by atoms with E-state index in [0.717, 1.165) is 24.8 Å². The molecule has 0 amide bonds. The summed E-state index contributed by atoms with van der Waals surface area (Å²) in [7, 11) is 0. The highest BCUT2D eigenvalue weighted by molar-refractivity contribution is 7.80. The highest BCUT2D eigenvalue weighted by Crippen LogP contribution is 2.40. The zero-order valence-corrected chi connectivity index (χ0v) is 16.4. The Morgan fingerprint density at radius 1 is 1.35 bits per heavy atom. The molecule has 1 aromatic heterocycles. The number of benzene rings is 1. The maximum Gasteiger partial charge on any atom is 0.341 e. The standard InChI is InChI=1S/C19H21FN2O2S2/c1-3-24-18(23)16-14-9-4-11(2)10-15(14)26-17(16)22-19(25)21-13-7-5-12(20)6-8-13/h5-8,11H,3-4,9-10H2,1-2H3,(H2,21,22,25). The Labute approximate surface area is 161 Å². The minimum atomic E-state index is -0.313. The second kappa shape index (κ2) is 8.14. The first-order valence-electron chi connectivity index (χ1n) is 8.63. The van der Waals surface area contributed by atoms with Crippen LogP contribution in [0.25, 0.3) is 0 Å². The van der Waals surface area contributed by atoms with Crippen molar-refractivity contribution in [2.75, 3.05) is 17.2 Å². The maximum absolute atomic E-state index is 13.0. The second-order valence-corrected chi connectivity index (χ2v) is 7.88. The van der Waals surface area contributed by atoms with Crippen LogP contribution in [0.5, 0.6) is 0 Å². The molecule has 1 unspecified atom stereocenters. The third-order valence-corrected chi connectivity index (χ3v) is 5.69. The van der Waals surface area contributed by atoms with Crippen LogP contribution in [-0.4, -0.2) is 17.7 Å². The van der Waals surface area contributed by atoms with Crippen LogP contribution in [0.15, 0.2) is 24.3 Å². The Balaban J connectivity index is 1.82. The van der Waals surface area contributed by atoms with Crippen molar-refractivity contribution in [2.45, 2.75) is 33.1 Å². The van der Waals surface area contributed by atoms with Gasteiger partial charge in [0.15, 0.2) is 5.11 Å². The average molecular weight is 393 g/mol. The van der Waals surface area contributed by atoms with E-state index in [1.807, 2.05) is 0 Å². The Morgan fingerprint density at radius 2 is 2.08 bits per heavy atom. The van der Waals surface area contributed by atoms with Gasteiger partial charge in [-0.3, -0.25) is 0 Å². The van der Waals surface area contributed by atoms with Crippen molar-refractivity contribution in [3.05, 3.63) is 46.1 Å². The van der Waals surface area contributed by atoms with E-state index >= 15 is 0 Å². The summed E-state index contributed by atoms with van der Waals surface area (Å²) in [6.45, 7) is 4.35. The van der Waals surface area contributed by atoms with E-state index in [4.69, 9.17) is 17.0 Å². The zero-order chi connectivity index (χ0) is 18.7. The van der Waals surface area contributed by atoms with Crippen molar-refractivity contribution in [2.24, 2.45) is 5.92 Å². The predicted molar refractivity (Wildman–Crippen MR) is 108 cm³/mol. The lowest BCUT2D eigenvalue weighted by molar-refractivity contribution is 0.0526. The molecule has 0 radical (unpaired) electrons. The molecule has 4 nitrogen and oxygen atoms in total. The van der Waals surface area contributed by atoms with Crippen LogP contribution < -0.4 is 10.6 Å². The molecular formula is C19H21FN2O2S2. The summed E-state index contributed by atoms with van der Waals surface area (Å²) in [6.07, 6.45) is 2.90. The molecule has 2 N–H and O–H groups in total. The normalized spacial score (nSPS) is 15.9. The van der Waals surface area contributed by atoms with E-state index in [0.29, 0.717) is 33.9 Å². The van der Waals surface area contributed by atoms with E-state index < -0.39 is 0 Å². The number of thiocarbonyl (C=S) groups is 1. The molecule has 0 fully saturated rings. The number of hydrogen-bond acceptors (Lipinski definition) is 4. The summed E-state index contributed by atoms with van der Waals surface area (Å²) in [5, 5.41) is 7.21. The molecule has 1 heterocycles. The SMILES string of the molecule is CCOC(=O)c1c(NC(=S)Nc2ccc(F)cc2)sc2c1CCC(C)C2. The molecule has 138 valence electrons. The molecule has 0 saturated carbocycles. The van der Waals surface area contributed by atoms with Crippen LogP contribution in [0.4, 0.5) is 15.1 Å². The van der Waals surface area contributed by atoms with Gasteiger partial charge in [0.2, 0.25) is 0 Å². The van der Waals surface area contributed by atoms with Crippen molar-refractivity contribution in [3.63, 3.8) is 0 Å². The molecule has 3 rings (SSSR count). The van der Waals surface area contributed by atoms with Crippen LogP contribution in [0.1, 0.15) is 41.1 Å². The third kappa shape index (κ3) is 4.22. The molecule has 1 aliphatic rings. The van der Waals surface area contributed by atoms with Gasteiger partial charge >= 0.3 is 5.97 Å². The number of fused-ring (bicyclic) bond motifs is 1. The summed E-state index contributed by atoms with van der Waals surface area (Å²) >= 11 is 6.93. The Hall–Kier alpha value is -1.99. The van der Waals surface area contributed by atoms with Crippen molar-refractivity contribution < 1.29 is 13.9 Å². The molecule has 7 heteroatoms. The molecule has 1 atom stereocenters. The highest BCUT2D eigenvalue weighted by atomic mass is 32.1. The first-order valence-corrected chi connectivity index (χ1v) is 9.85. The second-order valence-electron chi connectivity index (χ2n) is 6.36. The first-order chi connectivity index (χ1) is 12.5. The quantitative estimate of drug-likeness (QED) is 0.567. The third-order valence-electron chi connectivity index (χ3n) is 4.32. The summed E-state index contributed by atoms with van der Waals surface area (Å²) in [4.78, 5) is 13.7. The van der Waals surface area contributed by atoms with Crippen molar-refractivity contribution >= 4 is 45.3 Å².